The van der Waals surface area contributed by atoms with Gasteiger partial charge in [0.25, 0.3) is 5.22 Å². The molecule has 0 aliphatic rings. The molecule has 0 unspecified atom stereocenters. The van der Waals surface area contributed by atoms with Gasteiger partial charge in [0, 0.05) is 21.6 Å². The summed E-state index contributed by atoms with van der Waals surface area (Å²) in [5.41, 5.74) is 2.55. The standard InChI is InChI=1S/C20H12BrN5O2S2/c21-13-4-6-15-16(9-13)30-19(23-15)24-17(27)10-29-20-26-25-18(28-20)12-3-5-14-11(8-12)2-1-7-22-14/h1-9H,10H2,(H,23,24,27). The average molecular weight is 498 g/mol. The average Bonchev–Trinajstić information content (AvgIpc) is 3.38. The first-order valence-corrected chi connectivity index (χ1v) is 11.4. The highest BCUT2D eigenvalue weighted by Crippen LogP contribution is 2.29. The minimum Gasteiger partial charge on any atom is -0.411 e. The van der Waals surface area contributed by atoms with E-state index in [0.29, 0.717) is 16.2 Å². The number of hydrogen-bond donors (Lipinski definition) is 1. The molecule has 0 aliphatic carbocycles. The number of carbonyl (C=O) groups is 1. The van der Waals surface area contributed by atoms with Crippen LogP contribution in [0.3, 0.4) is 0 Å². The number of amides is 1. The molecule has 0 saturated heterocycles. The SMILES string of the molecule is O=C(CSc1nnc(-c2ccc3ncccc3c2)o1)Nc1nc2ccc(Br)cc2s1. The van der Waals surface area contributed by atoms with Gasteiger partial charge in [-0.2, -0.15) is 0 Å². The van der Waals surface area contributed by atoms with Crippen LogP contribution in [0.1, 0.15) is 0 Å². The molecule has 0 radical (unpaired) electrons. The number of rotatable bonds is 5. The van der Waals surface area contributed by atoms with Gasteiger partial charge < -0.3 is 9.73 Å². The third-order valence-electron chi connectivity index (χ3n) is 4.18. The molecule has 1 N–H and O–H groups in total. The van der Waals surface area contributed by atoms with Crippen molar-refractivity contribution in [3.63, 3.8) is 0 Å². The normalized spacial score (nSPS) is 11.2. The predicted octanol–water partition coefficient (Wildman–Crippen LogP) is 5.39. The fraction of sp³-hybridized carbons (Fsp3) is 0.0500. The van der Waals surface area contributed by atoms with Gasteiger partial charge in [0.1, 0.15) is 0 Å². The van der Waals surface area contributed by atoms with E-state index in [1.54, 1.807) is 6.20 Å². The highest BCUT2D eigenvalue weighted by molar-refractivity contribution is 9.10. The van der Waals surface area contributed by atoms with Crippen molar-refractivity contribution in [1.29, 1.82) is 0 Å². The number of carbonyl (C=O) groups excluding carboxylic acids is 1. The second-order valence-corrected chi connectivity index (χ2v) is 9.12. The second kappa shape index (κ2) is 8.13. The molecule has 1 amide bonds. The van der Waals surface area contributed by atoms with Gasteiger partial charge in [-0.15, -0.1) is 10.2 Å². The molecule has 3 aromatic heterocycles. The zero-order valence-corrected chi connectivity index (χ0v) is 18.4. The Bertz CT molecular complexity index is 1380. The van der Waals surface area contributed by atoms with E-state index in [9.17, 15) is 4.79 Å². The van der Waals surface area contributed by atoms with E-state index in [-0.39, 0.29) is 11.7 Å². The number of anilines is 1. The number of fused-ring (bicyclic) bond motifs is 2. The lowest BCUT2D eigenvalue weighted by Gasteiger charge is -1.99. The number of pyridine rings is 1. The Kier molecular flexibility index (Phi) is 5.19. The largest absolute Gasteiger partial charge is 0.411 e. The maximum absolute atomic E-state index is 12.3. The van der Waals surface area contributed by atoms with Gasteiger partial charge >= 0.3 is 0 Å². The molecular weight excluding hydrogens is 486 g/mol. The van der Waals surface area contributed by atoms with E-state index in [4.69, 9.17) is 4.42 Å². The quantitative estimate of drug-likeness (QED) is 0.325. The van der Waals surface area contributed by atoms with E-state index in [2.05, 4.69) is 41.4 Å². The molecule has 0 aliphatic heterocycles. The summed E-state index contributed by atoms with van der Waals surface area (Å²) in [7, 11) is 0. The molecule has 30 heavy (non-hydrogen) atoms. The van der Waals surface area contributed by atoms with Crippen LogP contribution in [0.2, 0.25) is 0 Å². The van der Waals surface area contributed by atoms with Crippen LogP contribution in [0, 0.1) is 0 Å². The van der Waals surface area contributed by atoms with Crippen LogP contribution in [0.5, 0.6) is 0 Å². The van der Waals surface area contributed by atoms with Crippen LogP contribution in [0.25, 0.3) is 32.6 Å². The van der Waals surface area contributed by atoms with Gasteiger partial charge in [0.05, 0.1) is 21.5 Å². The Hall–Kier alpha value is -2.82. The van der Waals surface area contributed by atoms with E-state index in [1.807, 2.05) is 48.5 Å². The number of nitrogens with one attached hydrogen (secondary N) is 1. The molecule has 0 atom stereocenters. The Morgan fingerprint density at radius 3 is 2.97 bits per heavy atom. The van der Waals surface area contributed by atoms with Crippen LogP contribution in [0.4, 0.5) is 5.13 Å². The molecule has 0 bridgehead atoms. The van der Waals surface area contributed by atoms with Crippen molar-refractivity contribution in [2.24, 2.45) is 0 Å². The molecule has 5 aromatic rings. The van der Waals surface area contributed by atoms with Crippen molar-refractivity contribution in [2.75, 3.05) is 11.1 Å². The van der Waals surface area contributed by atoms with Crippen molar-refractivity contribution in [3.8, 4) is 11.5 Å². The number of hydrogen-bond acceptors (Lipinski definition) is 8. The van der Waals surface area contributed by atoms with E-state index < -0.39 is 0 Å². The second-order valence-electron chi connectivity index (χ2n) is 6.25. The first kappa shape index (κ1) is 19.2. The summed E-state index contributed by atoms with van der Waals surface area (Å²) >= 11 is 6.04. The van der Waals surface area contributed by atoms with Crippen LogP contribution >= 0.6 is 39.0 Å². The lowest BCUT2D eigenvalue weighted by Crippen LogP contribution is -2.13. The molecular formula is C20H12BrN5O2S2. The molecule has 148 valence electrons. The molecule has 5 rings (SSSR count). The smallest absolute Gasteiger partial charge is 0.277 e. The van der Waals surface area contributed by atoms with Gasteiger partial charge in [0.15, 0.2) is 5.13 Å². The maximum Gasteiger partial charge on any atom is 0.277 e. The van der Waals surface area contributed by atoms with Gasteiger partial charge in [-0.25, -0.2) is 4.98 Å². The van der Waals surface area contributed by atoms with Gasteiger partial charge in [-0.3, -0.25) is 9.78 Å². The minimum absolute atomic E-state index is 0.142. The number of thiazole rings is 1. The summed E-state index contributed by atoms with van der Waals surface area (Å²) in [6.07, 6.45) is 1.75. The fourth-order valence-corrected chi connectivity index (χ4v) is 4.83. The molecule has 3 heterocycles. The Labute approximate surface area is 187 Å². The summed E-state index contributed by atoms with van der Waals surface area (Å²) in [5.74, 6) is 0.359. The number of aromatic nitrogens is 4. The molecule has 2 aromatic carbocycles. The first-order chi connectivity index (χ1) is 14.6. The Balaban J connectivity index is 1.24. The number of benzene rings is 2. The van der Waals surface area contributed by atoms with Crippen molar-refractivity contribution in [2.45, 2.75) is 5.22 Å². The summed E-state index contributed by atoms with van der Waals surface area (Å²) in [6, 6.07) is 15.4. The molecule has 10 heteroatoms. The first-order valence-electron chi connectivity index (χ1n) is 8.81. The zero-order chi connectivity index (χ0) is 20.5. The summed E-state index contributed by atoms with van der Waals surface area (Å²) in [4.78, 5) is 21.0. The summed E-state index contributed by atoms with van der Waals surface area (Å²) in [6.45, 7) is 0. The molecule has 7 nitrogen and oxygen atoms in total. The van der Waals surface area contributed by atoms with Crippen molar-refractivity contribution >= 4 is 71.2 Å². The summed E-state index contributed by atoms with van der Waals surface area (Å²) in [5, 5.41) is 12.8. The number of thioether (sulfide) groups is 1. The highest BCUT2D eigenvalue weighted by atomic mass is 79.9. The van der Waals surface area contributed by atoms with Gasteiger partial charge in [-0.05, 0) is 42.5 Å². The van der Waals surface area contributed by atoms with Gasteiger partial charge in [0.2, 0.25) is 11.8 Å². The number of halogens is 1. The lowest BCUT2D eigenvalue weighted by atomic mass is 10.1. The van der Waals surface area contributed by atoms with Gasteiger partial charge in [-0.1, -0.05) is 45.1 Å². The topological polar surface area (TPSA) is 93.8 Å². The predicted molar refractivity (Wildman–Crippen MR) is 122 cm³/mol. The Morgan fingerprint density at radius 1 is 1.13 bits per heavy atom. The van der Waals surface area contributed by atoms with E-state index in [1.165, 1.54) is 23.1 Å². The zero-order valence-electron chi connectivity index (χ0n) is 15.2. The molecule has 0 saturated carbocycles. The fourth-order valence-electron chi connectivity index (χ4n) is 2.83. The highest BCUT2D eigenvalue weighted by Gasteiger charge is 2.13. The monoisotopic (exact) mass is 497 g/mol. The van der Waals surface area contributed by atoms with E-state index >= 15 is 0 Å². The number of nitrogens with zero attached hydrogens (tertiary/aromatic N) is 4. The van der Waals surface area contributed by atoms with Crippen LogP contribution in [0.15, 0.2) is 68.8 Å². The van der Waals surface area contributed by atoms with E-state index in [0.717, 1.165) is 31.2 Å². The molecule has 0 spiro atoms. The van der Waals surface area contributed by atoms with Crippen LogP contribution in [-0.4, -0.2) is 31.8 Å². The Morgan fingerprint density at radius 2 is 2.03 bits per heavy atom. The third-order valence-corrected chi connectivity index (χ3v) is 6.43. The minimum atomic E-state index is -0.186. The molecule has 0 fully saturated rings. The van der Waals surface area contributed by atoms with Crippen molar-refractivity contribution in [1.82, 2.24) is 20.2 Å². The third kappa shape index (κ3) is 4.07. The van der Waals surface area contributed by atoms with Crippen LogP contribution in [-0.2, 0) is 4.79 Å². The van der Waals surface area contributed by atoms with Crippen LogP contribution < -0.4 is 5.32 Å². The van der Waals surface area contributed by atoms with Crippen molar-refractivity contribution < 1.29 is 9.21 Å². The van der Waals surface area contributed by atoms with Crippen molar-refractivity contribution in [3.05, 3.63) is 59.2 Å². The lowest BCUT2D eigenvalue weighted by molar-refractivity contribution is -0.113. The summed E-state index contributed by atoms with van der Waals surface area (Å²) < 4.78 is 7.68. The maximum atomic E-state index is 12.3.